The highest BCUT2D eigenvalue weighted by molar-refractivity contribution is 7.13. The van der Waals surface area contributed by atoms with E-state index in [-0.39, 0.29) is 17.3 Å². The molecule has 0 N–H and O–H groups in total. The Balaban J connectivity index is 1.63. The van der Waals surface area contributed by atoms with Crippen LogP contribution in [0.25, 0.3) is 32.6 Å². The van der Waals surface area contributed by atoms with Crippen LogP contribution >= 0.6 is 11.3 Å². The van der Waals surface area contributed by atoms with Gasteiger partial charge in [-0.05, 0) is 85.3 Å². The molecule has 4 aromatic carbocycles. The third-order valence-electron chi connectivity index (χ3n) is 9.49. The van der Waals surface area contributed by atoms with Crippen molar-refractivity contribution in [2.45, 2.75) is 73.8 Å². The number of hydrogen-bond donors (Lipinski definition) is 0. The van der Waals surface area contributed by atoms with Crippen LogP contribution in [0.2, 0.25) is 0 Å². The molecule has 1 atom stereocenters. The Morgan fingerprint density at radius 2 is 1.59 bits per heavy atom. The van der Waals surface area contributed by atoms with Crippen LogP contribution < -0.4 is 0 Å². The minimum absolute atomic E-state index is 0.0101. The van der Waals surface area contributed by atoms with Gasteiger partial charge in [-0.2, -0.15) is 0 Å². The molecule has 0 radical (unpaired) electrons. The molecular weight excluding hydrogens is 629 g/mol. The standard InChI is InChI=1S/C42H42N2O4S/c1-7-9-13-29(8-2)24-44-36-18-17-30(41(46)39(43-48-28(6)45)37-16-12-19-49-37)22-33(36)34-23-35(31-14-10-11-15-32(31)40(34)44)42(47)38-26(4)20-25(3)21-27(38)5/h10-12,14-23,29H,7-9,13,24H2,1-6H3. The van der Waals surface area contributed by atoms with E-state index in [0.717, 1.165) is 87.1 Å². The maximum Gasteiger partial charge on any atom is 0.332 e. The van der Waals surface area contributed by atoms with Gasteiger partial charge in [-0.1, -0.05) is 86.3 Å². The number of carbonyl (C=O) groups excluding carboxylic acids is 3. The highest BCUT2D eigenvalue weighted by Crippen LogP contribution is 2.39. The number of nitrogens with zero attached hydrogens (tertiary/aromatic N) is 2. The van der Waals surface area contributed by atoms with Gasteiger partial charge in [0.1, 0.15) is 0 Å². The van der Waals surface area contributed by atoms with Gasteiger partial charge < -0.3 is 9.40 Å². The maximum atomic E-state index is 14.5. The van der Waals surface area contributed by atoms with E-state index in [4.69, 9.17) is 4.84 Å². The van der Waals surface area contributed by atoms with Gasteiger partial charge >= 0.3 is 5.97 Å². The fraction of sp³-hybridized carbons (Fsp3) is 0.286. The smallest absolute Gasteiger partial charge is 0.332 e. The molecule has 1 unspecified atom stereocenters. The lowest BCUT2D eigenvalue weighted by molar-refractivity contribution is -0.140. The molecule has 0 bridgehead atoms. The number of aryl methyl sites for hydroxylation is 3. The molecule has 0 fully saturated rings. The van der Waals surface area contributed by atoms with Crippen molar-refractivity contribution in [2.75, 3.05) is 0 Å². The molecule has 2 heterocycles. The molecule has 2 aromatic heterocycles. The Morgan fingerprint density at radius 3 is 2.24 bits per heavy atom. The van der Waals surface area contributed by atoms with Gasteiger partial charge in [0.15, 0.2) is 11.5 Å². The van der Waals surface area contributed by atoms with Crippen molar-refractivity contribution in [2.24, 2.45) is 11.1 Å². The number of Topliss-reactive ketones (excluding diaryl/α,β-unsaturated/α-hetero) is 1. The van der Waals surface area contributed by atoms with Gasteiger partial charge in [0.05, 0.1) is 10.4 Å². The summed E-state index contributed by atoms with van der Waals surface area (Å²) in [5.41, 5.74) is 6.97. The molecule has 250 valence electrons. The van der Waals surface area contributed by atoms with Gasteiger partial charge in [0.2, 0.25) is 5.78 Å². The lowest BCUT2D eigenvalue weighted by atomic mass is 9.89. The number of carbonyl (C=O) groups is 3. The molecule has 0 aliphatic carbocycles. The number of rotatable bonds is 12. The highest BCUT2D eigenvalue weighted by atomic mass is 32.1. The van der Waals surface area contributed by atoms with Crippen LogP contribution in [0.3, 0.4) is 0 Å². The Kier molecular flexibility index (Phi) is 9.93. The van der Waals surface area contributed by atoms with E-state index in [1.54, 1.807) is 6.07 Å². The largest absolute Gasteiger partial charge is 0.340 e. The summed E-state index contributed by atoms with van der Waals surface area (Å²) in [6, 6.07) is 23.7. The second kappa shape index (κ2) is 14.3. The molecule has 6 aromatic rings. The van der Waals surface area contributed by atoms with Crippen LogP contribution in [0.1, 0.15) is 94.3 Å². The summed E-state index contributed by atoms with van der Waals surface area (Å²) in [6.07, 6.45) is 4.48. The van der Waals surface area contributed by atoms with Crippen molar-refractivity contribution in [3.8, 4) is 0 Å². The predicted octanol–water partition coefficient (Wildman–Crippen LogP) is 10.5. The molecular formula is C42H42N2O4S. The number of unbranched alkanes of at least 4 members (excludes halogenated alkanes) is 1. The Labute approximate surface area is 291 Å². The lowest BCUT2D eigenvalue weighted by Gasteiger charge is -2.19. The van der Waals surface area contributed by atoms with E-state index in [9.17, 15) is 14.4 Å². The quantitative estimate of drug-likeness (QED) is 0.0562. The molecule has 6 rings (SSSR count). The minimum Gasteiger partial charge on any atom is -0.340 e. The van der Waals surface area contributed by atoms with E-state index in [2.05, 4.69) is 41.8 Å². The van der Waals surface area contributed by atoms with E-state index in [0.29, 0.717) is 21.9 Å². The first-order valence-electron chi connectivity index (χ1n) is 17.1. The van der Waals surface area contributed by atoms with Crippen molar-refractivity contribution in [3.63, 3.8) is 0 Å². The number of ketones is 2. The molecule has 0 saturated heterocycles. The topological polar surface area (TPSA) is 77.7 Å². The van der Waals surface area contributed by atoms with Gasteiger partial charge in [-0.15, -0.1) is 11.3 Å². The van der Waals surface area contributed by atoms with Gasteiger partial charge in [-0.25, -0.2) is 4.79 Å². The van der Waals surface area contributed by atoms with Crippen LogP contribution in [0.4, 0.5) is 0 Å². The Morgan fingerprint density at radius 1 is 0.857 bits per heavy atom. The second-order valence-electron chi connectivity index (χ2n) is 13.1. The molecule has 0 aliphatic heterocycles. The first kappa shape index (κ1) is 34.0. The lowest BCUT2D eigenvalue weighted by Crippen LogP contribution is -2.16. The SMILES string of the molecule is CCCCC(CC)Cn1c2ccc(C(=O)C(=NOC(C)=O)c3cccs3)cc2c2cc(C(=O)c3c(C)cc(C)cc3C)c3ccccc3c21. The average molecular weight is 671 g/mol. The molecule has 0 amide bonds. The number of fused-ring (bicyclic) bond motifs is 5. The first-order chi connectivity index (χ1) is 23.6. The van der Waals surface area contributed by atoms with Crippen molar-refractivity contribution in [1.82, 2.24) is 4.57 Å². The van der Waals surface area contributed by atoms with Crippen LogP contribution in [0, 0.1) is 26.7 Å². The summed E-state index contributed by atoms with van der Waals surface area (Å²) in [5, 5.41) is 9.57. The monoisotopic (exact) mass is 670 g/mol. The third kappa shape index (κ3) is 6.60. The second-order valence-corrected chi connectivity index (χ2v) is 14.0. The van der Waals surface area contributed by atoms with Crippen LogP contribution in [-0.2, 0) is 16.2 Å². The minimum atomic E-state index is -0.600. The molecule has 49 heavy (non-hydrogen) atoms. The summed E-state index contributed by atoms with van der Waals surface area (Å²) in [6.45, 7) is 12.6. The first-order valence-corrected chi connectivity index (χ1v) is 17.9. The Bertz CT molecular complexity index is 2230. The van der Waals surface area contributed by atoms with Crippen molar-refractivity contribution >= 4 is 67.2 Å². The van der Waals surface area contributed by atoms with E-state index < -0.39 is 5.97 Å². The summed E-state index contributed by atoms with van der Waals surface area (Å²) >= 11 is 1.35. The summed E-state index contributed by atoms with van der Waals surface area (Å²) < 4.78 is 2.40. The van der Waals surface area contributed by atoms with Crippen molar-refractivity contribution in [3.05, 3.63) is 116 Å². The van der Waals surface area contributed by atoms with E-state index in [1.165, 1.54) is 18.3 Å². The van der Waals surface area contributed by atoms with Crippen LogP contribution in [0.5, 0.6) is 0 Å². The summed E-state index contributed by atoms with van der Waals surface area (Å²) in [5.74, 6) is -0.482. The highest BCUT2D eigenvalue weighted by Gasteiger charge is 2.25. The van der Waals surface area contributed by atoms with Crippen molar-refractivity contribution < 1.29 is 19.2 Å². The maximum absolute atomic E-state index is 14.5. The number of hydrogen-bond acceptors (Lipinski definition) is 6. The van der Waals surface area contributed by atoms with Gasteiger partial charge in [0, 0.05) is 51.8 Å². The molecule has 0 spiro atoms. The zero-order valence-electron chi connectivity index (χ0n) is 29.1. The molecule has 6 nitrogen and oxygen atoms in total. The van der Waals surface area contributed by atoms with Crippen LogP contribution in [-0.4, -0.2) is 27.8 Å². The fourth-order valence-electron chi connectivity index (χ4n) is 7.19. The van der Waals surface area contributed by atoms with Gasteiger partial charge in [0.25, 0.3) is 0 Å². The predicted molar refractivity (Wildman–Crippen MR) is 201 cm³/mol. The average Bonchev–Trinajstić information content (AvgIpc) is 3.72. The fourth-order valence-corrected chi connectivity index (χ4v) is 7.89. The van der Waals surface area contributed by atoms with Crippen LogP contribution in [0.15, 0.2) is 83.3 Å². The zero-order chi connectivity index (χ0) is 34.8. The Hall–Kier alpha value is -4.88. The number of benzene rings is 4. The molecule has 0 saturated carbocycles. The molecule has 0 aliphatic rings. The summed E-state index contributed by atoms with van der Waals surface area (Å²) in [7, 11) is 0. The number of thiophene rings is 1. The number of aromatic nitrogens is 1. The van der Waals surface area contributed by atoms with E-state index in [1.807, 2.05) is 74.7 Å². The van der Waals surface area contributed by atoms with Gasteiger partial charge in [-0.3, -0.25) is 9.59 Å². The van der Waals surface area contributed by atoms with E-state index >= 15 is 0 Å². The molecule has 7 heteroatoms. The van der Waals surface area contributed by atoms with Crippen molar-refractivity contribution in [1.29, 1.82) is 0 Å². The zero-order valence-corrected chi connectivity index (χ0v) is 29.9. The summed E-state index contributed by atoms with van der Waals surface area (Å²) in [4.78, 5) is 45.9. The normalized spacial score (nSPS) is 12.6. The third-order valence-corrected chi connectivity index (χ3v) is 10.4. The number of oxime groups is 1.